The van der Waals surface area contributed by atoms with E-state index >= 15 is 0 Å². The standard InChI is InChI=1S/C16H24N4O3/c1-11(21)12-8-17-14(18-9-12)19-10-13-6-5-7-20(13)15(22)23-16(2,3)4/h8-9,13H,5-7,10H2,1-4H3,(H,17,18,19). The number of anilines is 1. The number of Topliss-reactive ketones (excluding diaryl/α,β-unsaturated/α-hetero) is 1. The number of hydrogen-bond donors (Lipinski definition) is 1. The van der Waals surface area contributed by atoms with Crippen LogP contribution in [0.5, 0.6) is 0 Å². The molecule has 1 N–H and O–H groups in total. The molecule has 0 spiro atoms. The quantitative estimate of drug-likeness (QED) is 0.858. The predicted octanol–water partition coefficient (Wildman–Crippen LogP) is 2.49. The molecule has 1 unspecified atom stereocenters. The first-order chi connectivity index (χ1) is 10.8. The van der Waals surface area contributed by atoms with Crippen LogP contribution in [-0.4, -0.2) is 51.5 Å². The highest BCUT2D eigenvalue weighted by molar-refractivity contribution is 5.93. The lowest BCUT2D eigenvalue weighted by Crippen LogP contribution is -2.42. The zero-order valence-corrected chi connectivity index (χ0v) is 14.1. The Kier molecular flexibility index (Phi) is 5.18. The fourth-order valence-electron chi connectivity index (χ4n) is 2.42. The number of hydrogen-bond acceptors (Lipinski definition) is 6. The summed E-state index contributed by atoms with van der Waals surface area (Å²) in [7, 11) is 0. The average Bonchev–Trinajstić information content (AvgIpc) is 2.92. The van der Waals surface area contributed by atoms with E-state index in [1.165, 1.54) is 19.3 Å². The van der Waals surface area contributed by atoms with Crippen LogP contribution < -0.4 is 5.32 Å². The summed E-state index contributed by atoms with van der Waals surface area (Å²) < 4.78 is 5.44. The van der Waals surface area contributed by atoms with E-state index in [1.807, 2.05) is 20.8 Å². The maximum atomic E-state index is 12.2. The van der Waals surface area contributed by atoms with Gasteiger partial charge in [-0.05, 0) is 40.5 Å². The van der Waals surface area contributed by atoms with Gasteiger partial charge in [-0.2, -0.15) is 0 Å². The molecule has 0 saturated carbocycles. The number of amides is 1. The third-order valence-corrected chi connectivity index (χ3v) is 3.56. The second-order valence-corrected chi connectivity index (χ2v) is 6.70. The van der Waals surface area contributed by atoms with Gasteiger partial charge in [-0.15, -0.1) is 0 Å². The third-order valence-electron chi connectivity index (χ3n) is 3.56. The molecular weight excluding hydrogens is 296 g/mol. The van der Waals surface area contributed by atoms with Crippen molar-refractivity contribution < 1.29 is 14.3 Å². The maximum Gasteiger partial charge on any atom is 0.410 e. The zero-order chi connectivity index (χ0) is 17.0. The van der Waals surface area contributed by atoms with Gasteiger partial charge < -0.3 is 15.0 Å². The predicted molar refractivity (Wildman–Crippen MR) is 86.5 cm³/mol. The molecule has 1 aliphatic heterocycles. The summed E-state index contributed by atoms with van der Waals surface area (Å²) in [6.07, 6.45) is 4.58. The van der Waals surface area contributed by atoms with Crippen LogP contribution in [0.15, 0.2) is 12.4 Å². The van der Waals surface area contributed by atoms with Gasteiger partial charge in [0.2, 0.25) is 5.95 Å². The lowest BCUT2D eigenvalue weighted by atomic mass is 10.2. The summed E-state index contributed by atoms with van der Waals surface area (Å²) in [5.74, 6) is 0.384. The van der Waals surface area contributed by atoms with Crippen LogP contribution in [0.25, 0.3) is 0 Å². The molecule has 0 radical (unpaired) electrons. The lowest BCUT2D eigenvalue weighted by molar-refractivity contribution is 0.0235. The highest BCUT2D eigenvalue weighted by Gasteiger charge is 2.32. The molecule has 2 heterocycles. The molecule has 1 aromatic heterocycles. The molecule has 1 saturated heterocycles. The van der Waals surface area contributed by atoms with Crippen LogP contribution in [0.1, 0.15) is 50.9 Å². The van der Waals surface area contributed by atoms with Gasteiger partial charge in [0.05, 0.1) is 11.6 Å². The number of ketones is 1. The number of nitrogens with one attached hydrogen (secondary N) is 1. The molecular formula is C16H24N4O3. The first-order valence-electron chi connectivity index (χ1n) is 7.83. The van der Waals surface area contributed by atoms with Crippen molar-refractivity contribution in [3.63, 3.8) is 0 Å². The van der Waals surface area contributed by atoms with Gasteiger partial charge in [-0.3, -0.25) is 4.79 Å². The number of likely N-dealkylation sites (tertiary alicyclic amines) is 1. The van der Waals surface area contributed by atoms with Crippen LogP contribution in [0.2, 0.25) is 0 Å². The number of nitrogens with zero attached hydrogens (tertiary/aromatic N) is 3. The summed E-state index contributed by atoms with van der Waals surface area (Å²) in [4.78, 5) is 33.4. The number of aromatic nitrogens is 2. The molecule has 7 heteroatoms. The molecule has 1 amide bonds. The van der Waals surface area contributed by atoms with Crippen molar-refractivity contribution in [1.82, 2.24) is 14.9 Å². The van der Waals surface area contributed by atoms with E-state index in [0.29, 0.717) is 24.6 Å². The van der Waals surface area contributed by atoms with Crippen molar-refractivity contribution in [1.29, 1.82) is 0 Å². The Balaban J connectivity index is 1.91. The number of carbonyl (C=O) groups excluding carboxylic acids is 2. The Labute approximate surface area is 136 Å². The summed E-state index contributed by atoms with van der Waals surface area (Å²) in [5.41, 5.74) is -0.0182. The zero-order valence-electron chi connectivity index (χ0n) is 14.1. The van der Waals surface area contributed by atoms with Crippen molar-refractivity contribution >= 4 is 17.8 Å². The van der Waals surface area contributed by atoms with Gasteiger partial charge in [0, 0.05) is 25.5 Å². The van der Waals surface area contributed by atoms with E-state index in [0.717, 1.165) is 12.8 Å². The first kappa shape index (κ1) is 17.2. The number of carbonyl (C=O) groups is 2. The lowest BCUT2D eigenvalue weighted by Gasteiger charge is -2.28. The Hall–Kier alpha value is -2.18. The molecule has 126 valence electrons. The number of rotatable bonds is 4. The van der Waals surface area contributed by atoms with Crippen molar-refractivity contribution in [2.45, 2.75) is 52.2 Å². The molecule has 1 atom stereocenters. The normalized spacial score (nSPS) is 17.9. The van der Waals surface area contributed by atoms with Crippen molar-refractivity contribution in [2.75, 3.05) is 18.4 Å². The molecule has 2 rings (SSSR count). The molecule has 1 fully saturated rings. The van der Waals surface area contributed by atoms with Crippen molar-refractivity contribution in [3.05, 3.63) is 18.0 Å². The Morgan fingerprint density at radius 3 is 2.57 bits per heavy atom. The summed E-state index contributed by atoms with van der Waals surface area (Å²) in [6.45, 7) is 8.31. The Bertz CT molecular complexity index is 566. The van der Waals surface area contributed by atoms with Crippen LogP contribution in [-0.2, 0) is 4.74 Å². The Morgan fingerprint density at radius 1 is 1.35 bits per heavy atom. The molecule has 0 bridgehead atoms. The molecule has 1 aromatic rings. The van der Waals surface area contributed by atoms with Crippen LogP contribution in [0.4, 0.5) is 10.7 Å². The smallest absolute Gasteiger partial charge is 0.410 e. The van der Waals surface area contributed by atoms with Crippen LogP contribution in [0.3, 0.4) is 0 Å². The van der Waals surface area contributed by atoms with Crippen molar-refractivity contribution in [3.8, 4) is 0 Å². The maximum absolute atomic E-state index is 12.2. The van der Waals surface area contributed by atoms with Crippen LogP contribution in [0, 0.1) is 0 Å². The minimum atomic E-state index is -0.497. The SMILES string of the molecule is CC(=O)c1cnc(NCC2CCCN2C(=O)OC(C)(C)C)nc1. The van der Waals surface area contributed by atoms with E-state index in [1.54, 1.807) is 4.90 Å². The fourth-order valence-corrected chi connectivity index (χ4v) is 2.42. The third kappa shape index (κ3) is 4.91. The fraction of sp³-hybridized carbons (Fsp3) is 0.625. The second kappa shape index (κ2) is 6.93. The molecule has 7 nitrogen and oxygen atoms in total. The van der Waals surface area contributed by atoms with Gasteiger partial charge in [0.1, 0.15) is 5.60 Å². The molecule has 23 heavy (non-hydrogen) atoms. The van der Waals surface area contributed by atoms with Crippen molar-refractivity contribution in [2.24, 2.45) is 0 Å². The van der Waals surface area contributed by atoms with Gasteiger partial charge in [0.15, 0.2) is 5.78 Å². The monoisotopic (exact) mass is 320 g/mol. The van der Waals surface area contributed by atoms with E-state index in [9.17, 15) is 9.59 Å². The first-order valence-corrected chi connectivity index (χ1v) is 7.83. The van der Waals surface area contributed by atoms with Gasteiger partial charge in [0.25, 0.3) is 0 Å². The van der Waals surface area contributed by atoms with Gasteiger partial charge >= 0.3 is 6.09 Å². The topological polar surface area (TPSA) is 84.4 Å². The second-order valence-electron chi connectivity index (χ2n) is 6.70. The van der Waals surface area contributed by atoms with Gasteiger partial charge in [-0.1, -0.05) is 0 Å². The summed E-state index contributed by atoms with van der Waals surface area (Å²) in [6, 6.07) is 0.0564. The van der Waals surface area contributed by atoms with Gasteiger partial charge in [-0.25, -0.2) is 14.8 Å². The molecule has 0 aromatic carbocycles. The van der Waals surface area contributed by atoms with E-state index < -0.39 is 5.60 Å². The largest absolute Gasteiger partial charge is 0.444 e. The number of ether oxygens (including phenoxy) is 1. The highest BCUT2D eigenvalue weighted by atomic mass is 16.6. The summed E-state index contributed by atoms with van der Waals surface area (Å²) >= 11 is 0. The van der Waals surface area contributed by atoms with E-state index in [2.05, 4.69) is 15.3 Å². The summed E-state index contributed by atoms with van der Waals surface area (Å²) in [5, 5.41) is 3.12. The Morgan fingerprint density at radius 2 is 2.00 bits per heavy atom. The molecule has 0 aliphatic carbocycles. The highest BCUT2D eigenvalue weighted by Crippen LogP contribution is 2.21. The average molecular weight is 320 g/mol. The van der Waals surface area contributed by atoms with E-state index in [-0.39, 0.29) is 17.9 Å². The van der Waals surface area contributed by atoms with E-state index in [4.69, 9.17) is 4.74 Å². The molecule has 1 aliphatic rings. The minimum absolute atomic E-state index is 0.0564. The van der Waals surface area contributed by atoms with Crippen LogP contribution >= 0.6 is 0 Å². The minimum Gasteiger partial charge on any atom is -0.444 e.